The van der Waals surface area contributed by atoms with Gasteiger partial charge in [-0.1, -0.05) is 18.2 Å². The van der Waals surface area contributed by atoms with Crippen molar-refractivity contribution in [2.75, 3.05) is 0 Å². The summed E-state index contributed by atoms with van der Waals surface area (Å²) in [6.07, 6.45) is 2.05. The van der Waals surface area contributed by atoms with Gasteiger partial charge in [0.2, 0.25) is 0 Å². The van der Waals surface area contributed by atoms with Crippen LogP contribution in [0, 0.1) is 13.8 Å². The fourth-order valence-corrected chi connectivity index (χ4v) is 6.41. The first-order valence-electron chi connectivity index (χ1n) is 10.7. The molecule has 0 spiro atoms. The molecule has 0 saturated heterocycles. The molecule has 4 heteroatoms. The standard InChI is InChI=1S/C27H26GeN2O/c1-17-8-6-9-18(2)25(17)24-15-13-21-20-10-7-11-22(26(20)31-27(21)30-24)23-14-12-19(16-29-23)28(3,4)5/h6-16H,1-5H3. The molecule has 0 aliphatic carbocycles. The summed E-state index contributed by atoms with van der Waals surface area (Å²) in [6, 6.07) is 21.2. The number of hydrogen-bond donors (Lipinski definition) is 0. The van der Waals surface area contributed by atoms with Crippen molar-refractivity contribution in [3.8, 4) is 22.5 Å². The first kappa shape index (κ1) is 20.0. The van der Waals surface area contributed by atoms with Gasteiger partial charge in [-0.25, -0.2) is 0 Å². The van der Waals surface area contributed by atoms with E-state index in [2.05, 4.69) is 91.8 Å². The second-order valence-corrected chi connectivity index (χ2v) is 19.9. The van der Waals surface area contributed by atoms with Crippen LogP contribution in [-0.2, 0) is 0 Å². The van der Waals surface area contributed by atoms with Gasteiger partial charge in [-0.15, -0.1) is 0 Å². The molecule has 0 saturated carbocycles. The second-order valence-electron chi connectivity index (χ2n) is 9.28. The van der Waals surface area contributed by atoms with Crippen LogP contribution in [0.25, 0.3) is 44.6 Å². The maximum atomic E-state index is 6.34. The van der Waals surface area contributed by atoms with Crippen LogP contribution in [0.4, 0.5) is 0 Å². The summed E-state index contributed by atoms with van der Waals surface area (Å²) in [7, 11) is 0. The van der Waals surface area contributed by atoms with Crippen LogP contribution >= 0.6 is 0 Å². The van der Waals surface area contributed by atoms with Gasteiger partial charge in [0.05, 0.1) is 0 Å². The van der Waals surface area contributed by atoms with Crippen molar-refractivity contribution < 1.29 is 4.42 Å². The van der Waals surface area contributed by atoms with E-state index >= 15 is 0 Å². The molecule has 0 atom stereocenters. The van der Waals surface area contributed by atoms with Gasteiger partial charge in [0.1, 0.15) is 0 Å². The summed E-state index contributed by atoms with van der Waals surface area (Å²) in [5.41, 5.74) is 8.03. The van der Waals surface area contributed by atoms with Gasteiger partial charge in [-0.05, 0) is 13.8 Å². The van der Waals surface area contributed by atoms with Crippen molar-refractivity contribution in [1.82, 2.24) is 9.97 Å². The molecule has 3 nitrogen and oxygen atoms in total. The van der Waals surface area contributed by atoms with E-state index in [0.29, 0.717) is 5.71 Å². The van der Waals surface area contributed by atoms with Crippen molar-refractivity contribution in [1.29, 1.82) is 0 Å². The van der Waals surface area contributed by atoms with Crippen molar-refractivity contribution in [2.45, 2.75) is 31.1 Å². The Morgan fingerprint density at radius 1 is 0.742 bits per heavy atom. The van der Waals surface area contributed by atoms with Crippen molar-refractivity contribution in [2.24, 2.45) is 0 Å². The van der Waals surface area contributed by atoms with Gasteiger partial charge in [0.15, 0.2) is 0 Å². The molecule has 31 heavy (non-hydrogen) atoms. The van der Waals surface area contributed by atoms with E-state index in [0.717, 1.165) is 33.3 Å². The van der Waals surface area contributed by atoms with Crippen LogP contribution < -0.4 is 4.40 Å². The molecule has 3 heterocycles. The van der Waals surface area contributed by atoms with E-state index in [-0.39, 0.29) is 0 Å². The molecule has 0 fully saturated rings. The monoisotopic (exact) mass is 468 g/mol. The molecule has 0 amide bonds. The van der Waals surface area contributed by atoms with E-state index < -0.39 is 13.3 Å². The van der Waals surface area contributed by atoms with Crippen molar-refractivity contribution in [3.05, 3.63) is 78.0 Å². The zero-order valence-electron chi connectivity index (χ0n) is 18.7. The fourth-order valence-electron chi connectivity index (χ4n) is 4.24. The molecule has 0 radical (unpaired) electrons. The molecule has 0 aliphatic heterocycles. The number of rotatable bonds is 3. The number of nitrogens with zero attached hydrogens (tertiary/aromatic N) is 2. The quantitative estimate of drug-likeness (QED) is 0.272. The topological polar surface area (TPSA) is 38.9 Å². The Labute approximate surface area is 185 Å². The predicted molar refractivity (Wildman–Crippen MR) is 133 cm³/mol. The van der Waals surface area contributed by atoms with E-state index in [9.17, 15) is 0 Å². The summed E-state index contributed by atoms with van der Waals surface area (Å²) in [5.74, 6) is 7.15. The zero-order valence-corrected chi connectivity index (χ0v) is 20.8. The molecule has 3 aromatic heterocycles. The number of aryl methyl sites for hydroxylation is 2. The van der Waals surface area contributed by atoms with Crippen LogP contribution in [0.2, 0.25) is 17.3 Å². The Bertz CT molecular complexity index is 1410. The Balaban J connectivity index is 1.67. The Hall–Kier alpha value is -2.92. The molecular formula is C27H26GeN2O. The average molecular weight is 467 g/mol. The SMILES string of the molecule is Cc1cccc(C)c1-c1ccc2c(n1)oc1c(-c3cc[c]([Ge]([CH3])([CH3])[CH3])cn3)cccc12. The number of aromatic nitrogens is 2. The number of pyridine rings is 2. The van der Waals surface area contributed by atoms with Gasteiger partial charge >= 0.3 is 154 Å². The maximum absolute atomic E-state index is 6.34. The zero-order chi connectivity index (χ0) is 21.8. The minimum absolute atomic E-state index is 0.670. The molecule has 0 N–H and O–H groups in total. The van der Waals surface area contributed by atoms with Crippen molar-refractivity contribution in [3.63, 3.8) is 0 Å². The molecular weight excluding hydrogens is 441 g/mol. The van der Waals surface area contributed by atoms with E-state index in [1.165, 1.54) is 21.1 Å². The Morgan fingerprint density at radius 2 is 1.45 bits per heavy atom. The van der Waals surface area contributed by atoms with E-state index in [4.69, 9.17) is 14.4 Å². The summed E-state index contributed by atoms with van der Waals surface area (Å²) >= 11 is -1.89. The van der Waals surface area contributed by atoms with Crippen molar-refractivity contribution >= 4 is 39.7 Å². The molecule has 5 rings (SSSR count). The van der Waals surface area contributed by atoms with Gasteiger partial charge in [0, 0.05) is 0 Å². The van der Waals surface area contributed by atoms with E-state index in [1.807, 2.05) is 6.20 Å². The first-order valence-corrected chi connectivity index (χ1v) is 18.0. The number of furan rings is 1. The molecule has 0 unspecified atom stereocenters. The summed E-state index contributed by atoms with van der Waals surface area (Å²) < 4.78 is 7.74. The molecule has 154 valence electrons. The number of fused-ring (bicyclic) bond motifs is 3. The van der Waals surface area contributed by atoms with Crippen LogP contribution in [0.3, 0.4) is 0 Å². The number of hydrogen-bond acceptors (Lipinski definition) is 3. The molecule has 0 bridgehead atoms. The Kier molecular flexibility index (Phi) is 4.74. The van der Waals surface area contributed by atoms with E-state index in [1.54, 1.807) is 0 Å². The second kappa shape index (κ2) is 7.35. The third-order valence-corrected chi connectivity index (χ3v) is 10.3. The first-order chi connectivity index (χ1) is 14.8. The third-order valence-electron chi connectivity index (χ3n) is 6.01. The average Bonchev–Trinajstić information content (AvgIpc) is 3.11. The van der Waals surface area contributed by atoms with Gasteiger partial charge in [-0.2, -0.15) is 0 Å². The fraction of sp³-hybridized carbons (Fsp3) is 0.185. The predicted octanol–water partition coefficient (Wildman–Crippen LogP) is 6.87. The van der Waals surface area contributed by atoms with Crippen LogP contribution in [0.1, 0.15) is 11.1 Å². The number of benzene rings is 2. The van der Waals surface area contributed by atoms with Crippen LogP contribution in [0.15, 0.2) is 71.3 Å². The van der Waals surface area contributed by atoms with Gasteiger partial charge in [0.25, 0.3) is 0 Å². The molecule has 0 aliphatic rings. The normalized spacial score (nSPS) is 12.0. The van der Waals surface area contributed by atoms with Gasteiger partial charge in [-0.3, -0.25) is 0 Å². The van der Waals surface area contributed by atoms with Crippen LogP contribution in [0.5, 0.6) is 0 Å². The Morgan fingerprint density at radius 3 is 2.13 bits per heavy atom. The number of para-hydroxylation sites is 1. The third kappa shape index (κ3) is 3.47. The molecule has 5 aromatic rings. The summed E-state index contributed by atoms with van der Waals surface area (Å²) in [5, 5.41) is 2.11. The minimum atomic E-state index is -1.89. The summed E-state index contributed by atoms with van der Waals surface area (Å²) in [6.45, 7) is 4.25. The van der Waals surface area contributed by atoms with Crippen LogP contribution in [-0.4, -0.2) is 23.2 Å². The summed E-state index contributed by atoms with van der Waals surface area (Å²) in [4.78, 5) is 9.70. The molecule has 2 aromatic carbocycles. The van der Waals surface area contributed by atoms with Gasteiger partial charge < -0.3 is 0 Å².